The molecule has 12 nitrogen and oxygen atoms in total. The van der Waals surface area contributed by atoms with Gasteiger partial charge in [0.15, 0.2) is 6.61 Å². The molecule has 0 atom stereocenters. The van der Waals surface area contributed by atoms with E-state index < -0.39 is 39.1 Å². The summed E-state index contributed by atoms with van der Waals surface area (Å²) in [5, 5.41) is 13.4. The number of carbonyl (C=O) groups excluding carboxylic acids is 2. The number of nitro groups is 1. The third-order valence-corrected chi connectivity index (χ3v) is 6.84. The number of nitro benzene ring substituents is 1. The molecule has 0 saturated carbocycles. The van der Waals surface area contributed by atoms with Crippen molar-refractivity contribution < 1.29 is 32.4 Å². The van der Waals surface area contributed by atoms with Crippen LogP contribution in [0.2, 0.25) is 5.02 Å². The van der Waals surface area contributed by atoms with Crippen LogP contribution in [-0.2, 0) is 24.3 Å². The fourth-order valence-electron chi connectivity index (χ4n) is 2.93. The lowest BCUT2D eigenvalue weighted by molar-refractivity contribution is -0.383. The number of esters is 1. The van der Waals surface area contributed by atoms with Crippen LogP contribution in [0.1, 0.15) is 10.4 Å². The summed E-state index contributed by atoms with van der Waals surface area (Å²) < 4.78 is 36.9. The number of nitrogens with zero attached hydrogens (tertiary/aromatic N) is 2. The summed E-state index contributed by atoms with van der Waals surface area (Å²) in [7, 11) is -3.82. The predicted molar refractivity (Wildman–Crippen MR) is 117 cm³/mol. The van der Waals surface area contributed by atoms with Gasteiger partial charge in [0, 0.05) is 19.2 Å². The summed E-state index contributed by atoms with van der Waals surface area (Å²) in [6, 6.07) is 7.18. The molecule has 1 amide bonds. The lowest BCUT2D eigenvalue weighted by atomic mass is 10.2. The minimum absolute atomic E-state index is 0.00942. The maximum atomic E-state index is 12.8. The van der Waals surface area contributed by atoms with Crippen LogP contribution >= 0.6 is 11.6 Å². The second kappa shape index (κ2) is 10.1. The summed E-state index contributed by atoms with van der Waals surface area (Å²) in [6.45, 7) is 0.212. The number of halogens is 1. The van der Waals surface area contributed by atoms with Gasteiger partial charge in [-0.05, 0) is 30.3 Å². The molecule has 2 aromatic carbocycles. The summed E-state index contributed by atoms with van der Waals surface area (Å²) >= 11 is 6.07. The Balaban J connectivity index is 1.67. The van der Waals surface area contributed by atoms with Crippen molar-refractivity contribution in [1.29, 1.82) is 0 Å². The molecule has 0 spiro atoms. The molecule has 0 radical (unpaired) electrons. The van der Waals surface area contributed by atoms with Gasteiger partial charge in [0.05, 0.1) is 39.3 Å². The highest BCUT2D eigenvalue weighted by Crippen LogP contribution is 2.27. The van der Waals surface area contributed by atoms with E-state index >= 15 is 0 Å². The first-order chi connectivity index (χ1) is 15.6. The van der Waals surface area contributed by atoms with E-state index in [1.165, 1.54) is 34.6 Å². The first-order valence-electron chi connectivity index (χ1n) is 9.48. The zero-order valence-corrected chi connectivity index (χ0v) is 18.6. The van der Waals surface area contributed by atoms with Crippen LogP contribution in [0.25, 0.3) is 0 Å². The topological polar surface area (TPSA) is 171 Å². The Morgan fingerprint density at radius 2 is 1.91 bits per heavy atom. The number of amides is 1. The van der Waals surface area contributed by atoms with Gasteiger partial charge in [0.25, 0.3) is 11.6 Å². The van der Waals surface area contributed by atoms with E-state index in [1.54, 1.807) is 0 Å². The molecule has 1 saturated heterocycles. The zero-order valence-electron chi connectivity index (χ0n) is 17.0. The zero-order chi connectivity index (χ0) is 24.2. The Morgan fingerprint density at radius 1 is 1.21 bits per heavy atom. The molecule has 0 aliphatic carbocycles. The van der Waals surface area contributed by atoms with E-state index in [-0.39, 0.29) is 53.2 Å². The molecule has 1 aliphatic heterocycles. The SMILES string of the molecule is Nc1ccc(C(=O)OCC(=O)Nc2cc(S(=O)(=O)N3CCOCC3)ccc2Cl)cc1[N+](=O)[O-]. The minimum atomic E-state index is -3.82. The molecule has 0 bridgehead atoms. The molecular weight excluding hydrogens is 480 g/mol. The molecule has 1 fully saturated rings. The van der Waals surface area contributed by atoms with Crippen LogP contribution in [0.4, 0.5) is 17.1 Å². The molecule has 3 rings (SSSR count). The number of nitrogens with two attached hydrogens (primary N) is 1. The van der Waals surface area contributed by atoms with Crippen molar-refractivity contribution in [2.75, 3.05) is 44.0 Å². The number of nitrogen functional groups attached to an aromatic ring is 1. The lowest BCUT2D eigenvalue weighted by Gasteiger charge is -2.26. The smallest absolute Gasteiger partial charge is 0.338 e. The van der Waals surface area contributed by atoms with Crippen molar-refractivity contribution in [3.05, 3.63) is 57.1 Å². The molecule has 1 heterocycles. The standard InChI is InChI=1S/C19H19ClN4O8S/c20-14-3-2-13(33(29,30)23-5-7-31-8-6-23)10-16(14)22-18(25)11-32-19(26)12-1-4-15(21)17(9-12)24(27)28/h1-4,9-10H,5-8,11,21H2,(H,22,25). The number of rotatable bonds is 7. The van der Waals surface area contributed by atoms with E-state index in [0.717, 1.165) is 6.07 Å². The second-order valence-corrected chi connectivity index (χ2v) is 9.16. The van der Waals surface area contributed by atoms with Crippen molar-refractivity contribution in [3.63, 3.8) is 0 Å². The quantitative estimate of drug-likeness (QED) is 0.249. The number of sulfonamides is 1. The third kappa shape index (κ3) is 5.76. The van der Waals surface area contributed by atoms with E-state index in [2.05, 4.69) is 5.32 Å². The third-order valence-electron chi connectivity index (χ3n) is 4.62. The minimum Gasteiger partial charge on any atom is -0.452 e. The Bertz CT molecular complexity index is 1200. The van der Waals surface area contributed by atoms with E-state index in [1.807, 2.05) is 0 Å². The maximum Gasteiger partial charge on any atom is 0.338 e. The Hall–Kier alpha value is -3.26. The second-order valence-electron chi connectivity index (χ2n) is 6.81. The Labute approximate surface area is 193 Å². The fourth-order valence-corrected chi connectivity index (χ4v) is 4.53. The number of carbonyl (C=O) groups is 2. The number of anilines is 2. The van der Waals surface area contributed by atoms with Gasteiger partial charge >= 0.3 is 5.97 Å². The molecule has 2 aromatic rings. The lowest BCUT2D eigenvalue weighted by Crippen LogP contribution is -2.40. The monoisotopic (exact) mass is 498 g/mol. The first kappa shape index (κ1) is 24.4. The van der Waals surface area contributed by atoms with Gasteiger partial charge in [-0.1, -0.05) is 11.6 Å². The number of morpholine rings is 1. The molecule has 0 unspecified atom stereocenters. The molecule has 176 valence electrons. The van der Waals surface area contributed by atoms with Gasteiger partial charge < -0.3 is 20.5 Å². The maximum absolute atomic E-state index is 12.8. The van der Waals surface area contributed by atoms with E-state index in [4.69, 9.17) is 26.8 Å². The average molecular weight is 499 g/mol. The summed E-state index contributed by atoms with van der Waals surface area (Å²) in [5.41, 5.74) is 4.72. The van der Waals surface area contributed by atoms with Gasteiger partial charge in [-0.2, -0.15) is 4.31 Å². The largest absolute Gasteiger partial charge is 0.452 e. The van der Waals surface area contributed by atoms with Crippen molar-refractivity contribution in [1.82, 2.24) is 4.31 Å². The molecule has 33 heavy (non-hydrogen) atoms. The van der Waals surface area contributed by atoms with Crippen LogP contribution in [0.5, 0.6) is 0 Å². The number of ether oxygens (including phenoxy) is 2. The van der Waals surface area contributed by atoms with Crippen LogP contribution in [0.3, 0.4) is 0 Å². The number of hydrogen-bond donors (Lipinski definition) is 2. The van der Waals surface area contributed by atoms with Crippen molar-refractivity contribution in [2.45, 2.75) is 4.90 Å². The van der Waals surface area contributed by atoms with Crippen molar-refractivity contribution in [2.24, 2.45) is 0 Å². The molecular formula is C19H19ClN4O8S. The summed E-state index contributed by atoms with van der Waals surface area (Å²) in [4.78, 5) is 34.5. The van der Waals surface area contributed by atoms with Crippen LogP contribution < -0.4 is 11.1 Å². The van der Waals surface area contributed by atoms with Gasteiger partial charge in [0.1, 0.15) is 5.69 Å². The highest BCUT2D eigenvalue weighted by molar-refractivity contribution is 7.89. The highest BCUT2D eigenvalue weighted by atomic mass is 35.5. The first-order valence-corrected chi connectivity index (χ1v) is 11.3. The van der Waals surface area contributed by atoms with Crippen LogP contribution in [0, 0.1) is 10.1 Å². The number of hydrogen-bond acceptors (Lipinski definition) is 9. The summed E-state index contributed by atoms with van der Waals surface area (Å²) in [6.07, 6.45) is 0. The van der Waals surface area contributed by atoms with E-state index in [0.29, 0.717) is 0 Å². The van der Waals surface area contributed by atoms with Gasteiger partial charge in [-0.15, -0.1) is 0 Å². The Morgan fingerprint density at radius 3 is 2.58 bits per heavy atom. The van der Waals surface area contributed by atoms with Gasteiger partial charge in [-0.25, -0.2) is 13.2 Å². The van der Waals surface area contributed by atoms with Crippen molar-refractivity contribution >= 4 is 50.6 Å². The molecule has 3 N–H and O–H groups in total. The highest BCUT2D eigenvalue weighted by Gasteiger charge is 2.27. The molecule has 0 aromatic heterocycles. The van der Waals surface area contributed by atoms with Crippen molar-refractivity contribution in [3.8, 4) is 0 Å². The number of benzene rings is 2. The normalized spacial score (nSPS) is 14.5. The van der Waals surface area contributed by atoms with Crippen LogP contribution in [0.15, 0.2) is 41.3 Å². The van der Waals surface area contributed by atoms with Gasteiger partial charge in [0.2, 0.25) is 10.0 Å². The average Bonchev–Trinajstić information content (AvgIpc) is 2.79. The summed E-state index contributed by atoms with van der Waals surface area (Å²) in [5.74, 6) is -1.78. The Kier molecular flexibility index (Phi) is 7.48. The van der Waals surface area contributed by atoms with E-state index in [9.17, 15) is 28.1 Å². The fraction of sp³-hybridized carbons (Fsp3) is 0.263. The van der Waals surface area contributed by atoms with Crippen LogP contribution in [-0.4, -0.2) is 62.4 Å². The van der Waals surface area contributed by atoms with Gasteiger partial charge in [-0.3, -0.25) is 14.9 Å². The molecule has 1 aliphatic rings. The molecule has 14 heteroatoms. The number of nitrogens with one attached hydrogen (secondary N) is 1. The predicted octanol–water partition coefficient (Wildman–Crippen LogP) is 1.65.